The van der Waals surface area contributed by atoms with Gasteiger partial charge >= 0.3 is 0 Å². The predicted molar refractivity (Wildman–Crippen MR) is 94.1 cm³/mol. The molecule has 0 bridgehead atoms. The van der Waals surface area contributed by atoms with Gasteiger partial charge in [0.1, 0.15) is 11.5 Å². The zero-order valence-electron chi connectivity index (χ0n) is 14.4. The summed E-state index contributed by atoms with van der Waals surface area (Å²) in [4.78, 5) is 14.8. The highest BCUT2D eigenvalue weighted by molar-refractivity contribution is 5.92. The van der Waals surface area contributed by atoms with E-state index in [0.29, 0.717) is 23.0 Å². The van der Waals surface area contributed by atoms with E-state index in [1.165, 1.54) is 6.42 Å². The molecule has 1 fully saturated rings. The fourth-order valence-electron chi connectivity index (χ4n) is 3.44. The van der Waals surface area contributed by atoms with Crippen molar-refractivity contribution in [3.63, 3.8) is 0 Å². The molecule has 0 radical (unpaired) electrons. The van der Waals surface area contributed by atoms with Crippen molar-refractivity contribution in [2.75, 3.05) is 12.8 Å². The van der Waals surface area contributed by atoms with Gasteiger partial charge in [0.25, 0.3) is 5.91 Å². The van der Waals surface area contributed by atoms with E-state index in [9.17, 15) is 4.79 Å². The van der Waals surface area contributed by atoms with Crippen LogP contribution < -0.4 is 10.5 Å². The molecule has 1 aliphatic heterocycles. The second-order valence-corrected chi connectivity index (χ2v) is 6.46. The molecule has 0 unspecified atom stereocenters. The number of piperidine rings is 1. The normalized spacial score (nSPS) is 20.9. The van der Waals surface area contributed by atoms with Gasteiger partial charge in [-0.1, -0.05) is 0 Å². The van der Waals surface area contributed by atoms with Crippen molar-refractivity contribution < 1.29 is 13.9 Å². The molecule has 2 aromatic rings. The lowest BCUT2D eigenvalue weighted by Gasteiger charge is -2.38. The average Bonchev–Trinajstić information content (AvgIpc) is 3.04. The zero-order valence-corrected chi connectivity index (χ0v) is 14.4. The maximum absolute atomic E-state index is 12.8. The molecule has 1 aromatic carbocycles. The number of nitrogens with two attached hydrogens (primary N) is 1. The number of rotatable bonds is 3. The van der Waals surface area contributed by atoms with Crippen LogP contribution in [0.4, 0.5) is 5.69 Å². The van der Waals surface area contributed by atoms with E-state index in [0.717, 1.165) is 18.4 Å². The van der Waals surface area contributed by atoms with Gasteiger partial charge in [-0.2, -0.15) is 0 Å². The first-order valence-electron chi connectivity index (χ1n) is 8.37. The molecule has 1 amide bonds. The fraction of sp³-hybridized carbons (Fsp3) is 0.421. The Morgan fingerprint density at radius 2 is 1.92 bits per heavy atom. The number of likely N-dealkylation sites (tertiary alicyclic amines) is 1. The highest BCUT2D eigenvalue weighted by Gasteiger charge is 2.31. The van der Waals surface area contributed by atoms with Crippen LogP contribution in [0.15, 0.2) is 34.7 Å². The van der Waals surface area contributed by atoms with Gasteiger partial charge in [0, 0.05) is 17.6 Å². The molecule has 2 N–H and O–H groups in total. The molecule has 0 spiro atoms. The standard InChI is InChI=1S/C19H24N2O3/c1-12-5-4-6-13(2)21(12)19(22)18-10-9-16(24-18)14-7-8-17(23-3)15(20)11-14/h7-13H,4-6,20H2,1-3H3/t12-,13+. The molecule has 1 aromatic heterocycles. The SMILES string of the molecule is COc1ccc(-c2ccc(C(=O)N3[C@H](C)CCC[C@@H]3C)o2)cc1N. The Bertz CT molecular complexity index is 728. The summed E-state index contributed by atoms with van der Waals surface area (Å²) in [7, 11) is 1.58. The Labute approximate surface area is 142 Å². The fourth-order valence-corrected chi connectivity index (χ4v) is 3.44. The third kappa shape index (κ3) is 2.98. The van der Waals surface area contributed by atoms with Crippen LogP contribution in [0.1, 0.15) is 43.7 Å². The molecular weight excluding hydrogens is 304 g/mol. The van der Waals surface area contributed by atoms with Crippen molar-refractivity contribution in [1.29, 1.82) is 0 Å². The van der Waals surface area contributed by atoms with Crippen LogP contribution >= 0.6 is 0 Å². The van der Waals surface area contributed by atoms with Gasteiger partial charge in [0.15, 0.2) is 5.76 Å². The number of carbonyl (C=O) groups is 1. The summed E-state index contributed by atoms with van der Waals surface area (Å²) in [6, 6.07) is 9.49. The highest BCUT2D eigenvalue weighted by Crippen LogP contribution is 2.31. The van der Waals surface area contributed by atoms with Crippen LogP contribution in [0, 0.1) is 0 Å². The van der Waals surface area contributed by atoms with E-state index in [2.05, 4.69) is 13.8 Å². The van der Waals surface area contributed by atoms with E-state index in [-0.39, 0.29) is 18.0 Å². The number of amides is 1. The number of carbonyl (C=O) groups excluding carboxylic acids is 1. The Balaban J connectivity index is 1.85. The first-order chi connectivity index (χ1) is 11.5. The van der Waals surface area contributed by atoms with Crippen LogP contribution in [-0.2, 0) is 0 Å². The summed E-state index contributed by atoms with van der Waals surface area (Å²) < 4.78 is 11.0. The van der Waals surface area contributed by atoms with Crippen molar-refractivity contribution in [3.8, 4) is 17.1 Å². The zero-order chi connectivity index (χ0) is 17.3. The molecule has 128 valence electrons. The summed E-state index contributed by atoms with van der Waals surface area (Å²) in [6.07, 6.45) is 3.25. The number of nitrogen functional groups attached to an aromatic ring is 1. The molecule has 3 rings (SSSR count). The maximum Gasteiger partial charge on any atom is 0.290 e. The maximum atomic E-state index is 12.8. The van der Waals surface area contributed by atoms with Crippen LogP contribution in [0.5, 0.6) is 5.75 Å². The molecule has 2 heterocycles. The second kappa shape index (κ2) is 6.59. The van der Waals surface area contributed by atoms with Crippen molar-refractivity contribution in [3.05, 3.63) is 36.1 Å². The number of benzene rings is 1. The van der Waals surface area contributed by atoms with Gasteiger partial charge in [-0.15, -0.1) is 0 Å². The minimum Gasteiger partial charge on any atom is -0.495 e. The number of nitrogens with zero attached hydrogens (tertiary/aromatic N) is 1. The third-order valence-corrected chi connectivity index (χ3v) is 4.76. The van der Waals surface area contributed by atoms with E-state index < -0.39 is 0 Å². The monoisotopic (exact) mass is 328 g/mol. The first-order valence-corrected chi connectivity index (χ1v) is 8.37. The highest BCUT2D eigenvalue weighted by atomic mass is 16.5. The Kier molecular flexibility index (Phi) is 4.51. The summed E-state index contributed by atoms with van der Waals surface area (Å²) >= 11 is 0. The lowest BCUT2D eigenvalue weighted by Crippen LogP contribution is -2.47. The lowest BCUT2D eigenvalue weighted by atomic mass is 9.97. The minimum absolute atomic E-state index is 0.0394. The van der Waals surface area contributed by atoms with E-state index in [1.807, 2.05) is 17.0 Å². The summed E-state index contributed by atoms with van der Waals surface area (Å²) in [5, 5.41) is 0. The van der Waals surface area contributed by atoms with Crippen molar-refractivity contribution in [2.24, 2.45) is 0 Å². The Hall–Kier alpha value is -2.43. The quantitative estimate of drug-likeness (QED) is 0.867. The molecule has 2 atom stereocenters. The number of ether oxygens (including phenoxy) is 1. The number of hydrogen-bond acceptors (Lipinski definition) is 4. The van der Waals surface area contributed by atoms with E-state index in [4.69, 9.17) is 14.9 Å². The largest absolute Gasteiger partial charge is 0.495 e. The van der Waals surface area contributed by atoms with E-state index in [1.54, 1.807) is 25.3 Å². The van der Waals surface area contributed by atoms with Gasteiger partial charge in [0.2, 0.25) is 0 Å². The Morgan fingerprint density at radius 3 is 2.54 bits per heavy atom. The molecule has 0 aliphatic carbocycles. The van der Waals surface area contributed by atoms with Gasteiger partial charge < -0.3 is 19.8 Å². The van der Waals surface area contributed by atoms with Gasteiger partial charge in [-0.25, -0.2) is 0 Å². The minimum atomic E-state index is -0.0394. The average molecular weight is 328 g/mol. The molecule has 0 saturated carbocycles. The topological polar surface area (TPSA) is 68.7 Å². The summed E-state index contributed by atoms with van der Waals surface area (Å²) in [5.74, 6) is 1.59. The number of methoxy groups -OCH3 is 1. The molecule has 5 heteroatoms. The molecule has 24 heavy (non-hydrogen) atoms. The number of furan rings is 1. The van der Waals surface area contributed by atoms with Crippen LogP contribution in [0.25, 0.3) is 11.3 Å². The molecule has 5 nitrogen and oxygen atoms in total. The summed E-state index contributed by atoms with van der Waals surface area (Å²) in [5.41, 5.74) is 7.31. The van der Waals surface area contributed by atoms with Crippen molar-refractivity contribution in [2.45, 2.75) is 45.2 Å². The van der Waals surface area contributed by atoms with Crippen LogP contribution in [0.3, 0.4) is 0 Å². The lowest BCUT2D eigenvalue weighted by molar-refractivity contribution is 0.0479. The van der Waals surface area contributed by atoms with Crippen LogP contribution in [-0.4, -0.2) is 30.0 Å². The first kappa shape index (κ1) is 16.4. The van der Waals surface area contributed by atoms with Gasteiger partial charge in [0.05, 0.1) is 12.8 Å². The smallest absolute Gasteiger partial charge is 0.290 e. The van der Waals surface area contributed by atoms with Crippen LogP contribution in [0.2, 0.25) is 0 Å². The third-order valence-electron chi connectivity index (χ3n) is 4.76. The number of anilines is 1. The predicted octanol–water partition coefficient (Wildman–Crippen LogP) is 3.94. The number of hydrogen-bond donors (Lipinski definition) is 1. The van der Waals surface area contributed by atoms with Gasteiger partial charge in [-0.3, -0.25) is 4.79 Å². The van der Waals surface area contributed by atoms with E-state index >= 15 is 0 Å². The molecular formula is C19H24N2O3. The molecule has 1 aliphatic rings. The Morgan fingerprint density at radius 1 is 1.21 bits per heavy atom. The van der Waals surface area contributed by atoms with Gasteiger partial charge in [-0.05, 0) is 63.4 Å². The van der Waals surface area contributed by atoms with Crippen molar-refractivity contribution in [1.82, 2.24) is 4.90 Å². The van der Waals surface area contributed by atoms with Crippen molar-refractivity contribution >= 4 is 11.6 Å². The second-order valence-electron chi connectivity index (χ2n) is 6.46. The summed E-state index contributed by atoms with van der Waals surface area (Å²) in [6.45, 7) is 4.20. The molecule has 1 saturated heterocycles.